The summed E-state index contributed by atoms with van der Waals surface area (Å²) >= 11 is 0.839. The molecule has 2 fully saturated rings. The Balaban J connectivity index is 1.42. The van der Waals surface area contributed by atoms with Gasteiger partial charge in [-0.05, 0) is 49.6 Å². The van der Waals surface area contributed by atoms with Crippen LogP contribution in [0, 0.1) is 15.9 Å². The molecule has 2 aliphatic rings. The van der Waals surface area contributed by atoms with E-state index in [0.29, 0.717) is 32.6 Å². The molecule has 2 amide bonds. The number of benzene rings is 1. The Labute approximate surface area is 183 Å². The number of likely N-dealkylation sites (tertiary alicyclic amines) is 1. The number of thiophene rings is 1. The fourth-order valence-corrected chi connectivity index (χ4v) is 4.98. The Kier molecular flexibility index (Phi) is 6.17. The number of hydrogen-bond acceptors (Lipinski definition) is 6. The van der Waals surface area contributed by atoms with Gasteiger partial charge < -0.3 is 14.7 Å². The molecule has 3 heterocycles. The number of hydrogen-bond donors (Lipinski definition) is 0. The average molecular weight is 447 g/mol. The maximum Gasteiger partial charge on any atom is 0.324 e. The first-order chi connectivity index (χ1) is 14.9. The molecule has 0 radical (unpaired) electrons. The quantitative estimate of drug-likeness (QED) is 0.532. The summed E-state index contributed by atoms with van der Waals surface area (Å²) in [5, 5.41) is 10.8. The molecule has 2 aliphatic heterocycles. The lowest BCUT2D eigenvalue weighted by molar-refractivity contribution is -0.380. The third-order valence-corrected chi connectivity index (χ3v) is 6.81. The molecule has 8 nitrogen and oxygen atoms in total. The van der Waals surface area contributed by atoms with E-state index in [1.165, 1.54) is 24.3 Å². The molecule has 0 spiro atoms. The van der Waals surface area contributed by atoms with Crippen LogP contribution in [-0.2, 0) is 4.79 Å². The van der Waals surface area contributed by atoms with E-state index < -0.39 is 11.0 Å². The molecule has 0 N–H and O–H groups in total. The van der Waals surface area contributed by atoms with Crippen molar-refractivity contribution in [2.24, 2.45) is 0 Å². The number of rotatable bonds is 4. The Morgan fingerprint density at radius 2 is 1.77 bits per heavy atom. The van der Waals surface area contributed by atoms with Gasteiger partial charge in [-0.1, -0.05) is 11.3 Å². The minimum absolute atomic E-state index is 0.0714. The van der Waals surface area contributed by atoms with E-state index in [-0.39, 0.29) is 27.5 Å². The van der Waals surface area contributed by atoms with Crippen molar-refractivity contribution in [1.82, 2.24) is 9.80 Å². The summed E-state index contributed by atoms with van der Waals surface area (Å²) in [5.74, 6) is -0.674. The number of halogens is 1. The van der Waals surface area contributed by atoms with Gasteiger partial charge in [0, 0.05) is 44.5 Å². The summed E-state index contributed by atoms with van der Waals surface area (Å²) in [6.45, 7) is 2.99. The van der Waals surface area contributed by atoms with Gasteiger partial charge in [-0.3, -0.25) is 19.7 Å². The SMILES string of the molecule is O=C(C1CCCN1C(=O)c1ccc([N+](=O)[O-])s1)N1CCCN(c2ccc(F)cc2)CC1. The predicted octanol–water partition coefficient (Wildman–Crippen LogP) is 3.14. The van der Waals surface area contributed by atoms with Crippen molar-refractivity contribution in [3.63, 3.8) is 0 Å². The van der Waals surface area contributed by atoms with Crippen molar-refractivity contribution in [3.05, 3.63) is 57.2 Å². The second-order valence-corrected chi connectivity index (χ2v) is 8.76. The van der Waals surface area contributed by atoms with Gasteiger partial charge in [-0.15, -0.1) is 0 Å². The molecule has 2 saturated heterocycles. The molecule has 1 aromatic carbocycles. The summed E-state index contributed by atoms with van der Waals surface area (Å²) < 4.78 is 13.2. The van der Waals surface area contributed by atoms with Crippen LogP contribution >= 0.6 is 11.3 Å². The molecule has 1 atom stereocenters. The molecular weight excluding hydrogens is 423 g/mol. The molecule has 0 bridgehead atoms. The van der Waals surface area contributed by atoms with Gasteiger partial charge in [0.15, 0.2) is 0 Å². The zero-order chi connectivity index (χ0) is 22.0. The number of nitro groups is 1. The number of nitrogens with zero attached hydrogens (tertiary/aromatic N) is 4. The minimum Gasteiger partial charge on any atom is -0.370 e. The fraction of sp³-hybridized carbons (Fsp3) is 0.429. The summed E-state index contributed by atoms with van der Waals surface area (Å²) in [6.07, 6.45) is 2.10. The van der Waals surface area contributed by atoms with E-state index in [1.807, 2.05) is 0 Å². The maximum absolute atomic E-state index is 13.3. The van der Waals surface area contributed by atoms with Gasteiger partial charge in [0.2, 0.25) is 5.91 Å². The highest BCUT2D eigenvalue weighted by atomic mass is 32.1. The summed E-state index contributed by atoms with van der Waals surface area (Å²) in [6, 6.07) is 8.59. The van der Waals surface area contributed by atoms with Crippen LogP contribution in [0.1, 0.15) is 28.9 Å². The maximum atomic E-state index is 13.3. The minimum atomic E-state index is -0.536. The Bertz CT molecular complexity index is 980. The Morgan fingerprint density at radius 1 is 1.00 bits per heavy atom. The topological polar surface area (TPSA) is 87.0 Å². The van der Waals surface area contributed by atoms with Crippen molar-refractivity contribution < 1.29 is 18.9 Å². The van der Waals surface area contributed by atoms with Crippen LogP contribution in [0.5, 0.6) is 0 Å². The summed E-state index contributed by atoms with van der Waals surface area (Å²) in [5.41, 5.74) is 0.924. The lowest BCUT2D eigenvalue weighted by atomic mass is 10.2. The Morgan fingerprint density at radius 3 is 2.48 bits per heavy atom. The van der Waals surface area contributed by atoms with Crippen molar-refractivity contribution in [3.8, 4) is 0 Å². The monoisotopic (exact) mass is 446 g/mol. The van der Waals surface area contributed by atoms with Crippen LogP contribution < -0.4 is 4.90 Å². The smallest absolute Gasteiger partial charge is 0.324 e. The van der Waals surface area contributed by atoms with Gasteiger partial charge >= 0.3 is 5.00 Å². The molecular formula is C21H23FN4O4S. The van der Waals surface area contributed by atoms with Crippen molar-refractivity contribution in [2.75, 3.05) is 37.6 Å². The van der Waals surface area contributed by atoms with Gasteiger partial charge in [0.05, 0.1) is 9.80 Å². The van der Waals surface area contributed by atoms with Crippen molar-refractivity contribution in [1.29, 1.82) is 0 Å². The first-order valence-electron chi connectivity index (χ1n) is 10.3. The normalized spacial score (nSPS) is 19.4. The van der Waals surface area contributed by atoms with E-state index in [0.717, 1.165) is 36.4 Å². The second kappa shape index (κ2) is 9.01. The highest BCUT2D eigenvalue weighted by molar-refractivity contribution is 7.17. The standard InChI is InChI=1S/C21H23FN4O4S/c22-15-4-6-16(7-5-15)23-10-2-11-24(14-13-23)20(27)17-3-1-12-25(17)21(28)18-8-9-19(31-18)26(29)30/h4-9,17H,1-3,10-14H2. The molecule has 164 valence electrons. The van der Waals surface area contributed by atoms with Gasteiger partial charge in [-0.2, -0.15) is 0 Å². The zero-order valence-corrected chi connectivity index (χ0v) is 17.7. The lowest BCUT2D eigenvalue weighted by Gasteiger charge is -2.29. The number of anilines is 1. The van der Waals surface area contributed by atoms with Crippen molar-refractivity contribution in [2.45, 2.75) is 25.3 Å². The van der Waals surface area contributed by atoms with Crippen LogP contribution in [-0.4, -0.2) is 65.3 Å². The van der Waals surface area contributed by atoms with Crippen LogP contribution in [0.3, 0.4) is 0 Å². The molecule has 0 saturated carbocycles. The molecule has 4 rings (SSSR count). The van der Waals surface area contributed by atoms with Crippen LogP contribution in [0.25, 0.3) is 0 Å². The van der Waals surface area contributed by atoms with E-state index in [4.69, 9.17) is 0 Å². The van der Waals surface area contributed by atoms with Gasteiger partial charge in [-0.25, -0.2) is 4.39 Å². The van der Waals surface area contributed by atoms with Gasteiger partial charge in [0.25, 0.3) is 5.91 Å². The number of carbonyl (C=O) groups is 2. The van der Waals surface area contributed by atoms with Crippen LogP contribution in [0.2, 0.25) is 0 Å². The zero-order valence-electron chi connectivity index (χ0n) is 16.9. The Hall–Kier alpha value is -3.01. The number of carbonyl (C=O) groups excluding carboxylic acids is 2. The van der Waals surface area contributed by atoms with E-state index >= 15 is 0 Å². The predicted molar refractivity (Wildman–Crippen MR) is 115 cm³/mol. The van der Waals surface area contributed by atoms with Crippen molar-refractivity contribution >= 4 is 33.8 Å². The van der Waals surface area contributed by atoms with Gasteiger partial charge in [0.1, 0.15) is 11.9 Å². The molecule has 0 aliphatic carbocycles. The van der Waals surface area contributed by atoms with E-state index in [9.17, 15) is 24.1 Å². The third kappa shape index (κ3) is 4.53. The molecule has 31 heavy (non-hydrogen) atoms. The molecule has 1 unspecified atom stereocenters. The molecule has 10 heteroatoms. The highest BCUT2D eigenvalue weighted by Crippen LogP contribution is 2.29. The first-order valence-corrected chi connectivity index (χ1v) is 11.1. The second-order valence-electron chi connectivity index (χ2n) is 7.69. The fourth-order valence-electron chi connectivity index (χ4n) is 4.21. The summed E-state index contributed by atoms with van der Waals surface area (Å²) in [4.78, 5) is 42.4. The van der Waals surface area contributed by atoms with Crippen LogP contribution in [0.15, 0.2) is 36.4 Å². The van der Waals surface area contributed by atoms with E-state index in [1.54, 1.807) is 21.9 Å². The average Bonchev–Trinajstić information content (AvgIpc) is 3.39. The summed E-state index contributed by atoms with van der Waals surface area (Å²) in [7, 11) is 0. The third-order valence-electron chi connectivity index (χ3n) is 5.78. The highest BCUT2D eigenvalue weighted by Gasteiger charge is 2.38. The molecule has 2 aromatic rings. The number of amides is 2. The molecule has 1 aromatic heterocycles. The van der Waals surface area contributed by atoms with E-state index in [2.05, 4.69) is 4.90 Å². The first kappa shape index (κ1) is 21.2. The van der Waals surface area contributed by atoms with Crippen LogP contribution in [0.4, 0.5) is 15.1 Å². The lowest BCUT2D eigenvalue weighted by Crippen LogP contribution is -2.48. The largest absolute Gasteiger partial charge is 0.370 e.